The summed E-state index contributed by atoms with van der Waals surface area (Å²) in [6, 6.07) is 6.08. The van der Waals surface area contributed by atoms with Crippen LogP contribution in [0.5, 0.6) is 5.75 Å². The summed E-state index contributed by atoms with van der Waals surface area (Å²) < 4.78 is 11.0. The van der Waals surface area contributed by atoms with Gasteiger partial charge in [0.1, 0.15) is 5.75 Å². The molecule has 3 nitrogen and oxygen atoms in total. The van der Waals surface area contributed by atoms with Crippen molar-refractivity contribution in [2.24, 2.45) is 11.7 Å². The quantitative estimate of drug-likeness (QED) is 0.738. The van der Waals surface area contributed by atoms with Crippen LogP contribution < -0.4 is 10.5 Å². The number of rotatable bonds is 7. The molecule has 1 aliphatic rings. The topological polar surface area (TPSA) is 44.5 Å². The van der Waals surface area contributed by atoms with Gasteiger partial charge in [-0.1, -0.05) is 25.0 Å². The first-order valence-corrected chi connectivity index (χ1v) is 6.27. The summed E-state index contributed by atoms with van der Waals surface area (Å²) in [5.74, 6) is 1.79. The van der Waals surface area contributed by atoms with Gasteiger partial charge in [0.2, 0.25) is 0 Å². The monoisotopic (exact) mass is 235 g/mol. The maximum absolute atomic E-state index is 5.66. The molecule has 0 atom stereocenters. The molecule has 17 heavy (non-hydrogen) atoms. The molecular formula is C14H21NO2. The van der Waals surface area contributed by atoms with Crippen molar-refractivity contribution in [2.45, 2.75) is 32.4 Å². The summed E-state index contributed by atoms with van der Waals surface area (Å²) in [7, 11) is 1.67. The van der Waals surface area contributed by atoms with Gasteiger partial charge >= 0.3 is 0 Å². The molecule has 1 aromatic rings. The van der Waals surface area contributed by atoms with Crippen LogP contribution in [0.2, 0.25) is 0 Å². The number of benzene rings is 1. The fraction of sp³-hybridized carbons (Fsp3) is 0.571. The Bertz CT molecular complexity index is 361. The summed E-state index contributed by atoms with van der Waals surface area (Å²) >= 11 is 0. The Hall–Kier alpha value is -1.06. The van der Waals surface area contributed by atoms with Crippen molar-refractivity contribution in [3.63, 3.8) is 0 Å². The lowest BCUT2D eigenvalue weighted by atomic mass is 10.1. The van der Waals surface area contributed by atoms with Gasteiger partial charge in [0.25, 0.3) is 0 Å². The van der Waals surface area contributed by atoms with Crippen molar-refractivity contribution in [1.82, 2.24) is 0 Å². The Labute approximate surface area is 103 Å². The summed E-state index contributed by atoms with van der Waals surface area (Å²) in [6.07, 6.45) is 3.99. The molecule has 0 radical (unpaired) electrons. The van der Waals surface area contributed by atoms with Gasteiger partial charge in [-0.15, -0.1) is 0 Å². The van der Waals surface area contributed by atoms with Crippen LogP contribution in [0.1, 0.15) is 30.4 Å². The Morgan fingerprint density at radius 3 is 2.82 bits per heavy atom. The Balaban J connectivity index is 1.82. The molecule has 1 aromatic carbocycles. The van der Waals surface area contributed by atoms with Crippen molar-refractivity contribution < 1.29 is 9.47 Å². The number of ether oxygens (including phenoxy) is 2. The molecule has 0 unspecified atom stereocenters. The first kappa shape index (κ1) is 12.4. The molecule has 0 saturated heterocycles. The normalized spacial score (nSPS) is 14.9. The zero-order valence-corrected chi connectivity index (χ0v) is 10.4. The van der Waals surface area contributed by atoms with Crippen LogP contribution in [0.3, 0.4) is 0 Å². The molecule has 2 N–H and O–H groups in total. The molecule has 0 aliphatic heterocycles. The number of methoxy groups -OCH3 is 1. The summed E-state index contributed by atoms with van der Waals surface area (Å²) in [4.78, 5) is 0. The average molecular weight is 235 g/mol. The van der Waals surface area contributed by atoms with Gasteiger partial charge in [-0.2, -0.15) is 0 Å². The van der Waals surface area contributed by atoms with Gasteiger partial charge in [-0.25, -0.2) is 0 Å². The van der Waals surface area contributed by atoms with E-state index in [-0.39, 0.29) is 0 Å². The van der Waals surface area contributed by atoms with Gasteiger partial charge in [0.15, 0.2) is 0 Å². The van der Waals surface area contributed by atoms with E-state index in [2.05, 4.69) is 6.07 Å². The smallest absolute Gasteiger partial charge is 0.123 e. The lowest BCUT2D eigenvalue weighted by molar-refractivity contribution is 0.115. The molecular weight excluding hydrogens is 214 g/mol. The average Bonchev–Trinajstić information content (AvgIpc) is 3.18. The van der Waals surface area contributed by atoms with Crippen molar-refractivity contribution >= 4 is 0 Å². The Morgan fingerprint density at radius 1 is 1.35 bits per heavy atom. The Kier molecular flexibility index (Phi) is 4.40. The standard InChI is InChI=1S/C14H21NO2/c1-16-14-8-12(4-5-13(14)9-15)10-17-7-6-11-2-3-11/h4-5,8,11H,2-3,6-7,9-10,15H2,1H3. The number of hydrogen-bond acceptors (Lipinski definition) is 3. The second kappa shape index (κ2) is 6.03. The molecule has 0 bridgehead atoms. The minimum absolute atomic E-state index is 0.506. The molecule has 94 valence electrons. The molecule has 1 aliphatic carbocycles. The van der Waals surface area contributed by atoms with Crippen LogP contribution in [0.4, 0.5) is 0 Å². The zero-order valence-electron chi connectivity index (χ0n) is 10.4. The zero-order chi connectivity index (χ0) is 12.1. The second-order valence-electron chi connectivity index (χ2n) is 4.63. The molecule has 1 fully saturated rings. The SMILES string of the molecule is COc1cc(COCCC2CC2)ccc1CN. The fourth-order valence-corrected chi connectivity index (χ4v) is 1.89. The molecule has 0 heterocycles. The predicted octanol–water partition coefficient (Wildman–Crippen LogP) is 2.47. The first-order chi connectivity index (χ1) is 8.33. The third kappa shape index (κ3) is 3.72. The van der Waals surface area contributed by atoms with E-state index in [4.69, 9.17) is 15.2 Å². The first-order valence-electron chi connectivity index (χ1n) is 6.27. The van der Waals surface area contributed by atoms with Gasteiger partial charge in [0.05, 0.1) is 13.7 Å². The largest absolute Gasteiger partial charge is 0.496 e. The molecule has 0 amide bonds. The Morgan fingerprint density at radius 2 is 2.18 bits per heavy atom. The van der Waals surface area contributed by atoms with Crippen LogP contribution in [-0.2, 0) is 17.9 Å². The molecule has 0 aromatic heterocycles. The summed E-state index contributed by atoms with van der Waals surface area (Å²) in [5.41, 5.74) is 7.81. The van der Waals surface area contributed by atoms with Crippen molar-refractivity contribution in [3.8, 4) is 5.75 Å². The van der Waals surface area contributed by atoms with E-state index < -0.39 is 0 Å². The van der Waals surface area contributed by atoms with Gasteiger partial charge in [-0.3, -0.25) is 0 Å². The molecule has 3 heteroatoms. The highest BCUT2D eigenvalue weighted by Gasteiger charge is 2.20. The summed E-state index contributed by atoms with van der Waals surface area (Å²) in [5, 5.41) is 0. The highest BCUT2D eigenvalue weighted by molar-refractivity contribution is 5.37. The van der Waals surface area contributed by atoms with E-state index >= 15 is 0 Å². The van der Waals surface area contributed by atoms with Crippen LogP contribution >= 0.6 is 0 Å². The lowest BCUT2D eigenvalue weighted by Crippen LogP contribution is -2.02. The van der Waals surface area contributed by atoms with Crippen LogP contribution in [0.15, 0.2) is 18.2 Å². The van der Waals surface area contributed by atoms with Crippen LogP contribution in [-0.4, -0.2) is 13.7 Å². The molecule has 2 rings (SSSR count). The second-order valence-corrected chi connectivity index (χ2v) is 4.63. The van der Waals surface area contributed by atoms with E-state index in [1.807, 2.05) is 12.1 Å². The predicted molar refractivity (Wildman–Crippen MR) is 67.9 cm³/mol. The van der Waals surface area contributed by atoms with Crippen molar-refractivity contribution in [3.05, 3.63) is 29.3 Å². The minimum Gasteiger partial charge on any atom is -0.496 e. The highest BCUT2D eigenvalue weighted by Crippen LogP contribution is 2.32. The van der Waals surface area contributed by atoms with Gasteiger partial charge in [-0.05, 0) is 24.0 Å². The van der Waals surface area contributed by atoms with E-state index in [9.17, 15) is 0 Å². The maximum Gasteiger partial charge on any atom is 0.123 e. The van der Waals surface area contributed by atoms with E-state index in [0.29, 0.717) is 13.2 Å². The van der Waals surface area contributed by atoms with Gasteiger partial charge in [0, 0.05) is 18.7 Å². The third-order valence-corrected chi connectivity index (χ3v) is 3.21. The van der Waals surface area contributed by atoms with E-state index in [1.165, 1.54) is 19.3 Å². The van der Waals surface area contributed by atoms with E-state index in [1.54, 1.807) is 7.11 Å². The summed E-state index contributed by atoms with van der Waals surface area (Å²) in [6.45, 7) is 2.03. The lowest BCUT2D eigenvalue weighted by Gasteiger charge is -2.09. The number of nitrogens with two attached hydrogens (primary N) is 1. The molecule has 1 saturated carbocycles. The van der Waals surface area contributed by atoms with Crippen molar-refractivity contribution in [2.75, 3.05) is 13.7 Å². The fourth-order valence-electron chi connectivity index (χ4n) is 1.89. The van der Waals surface area contributed by atoms with E-state index in [0.717, 1.165) is 29.4 Å². The third-order valence-electron chi connectivity index (χ3n) is 3.21. The molecule has 0 spiro atoms. The van der Waals surface area contributed by atoms with Crippen LogP contribution in [0, 0.1) is 5.92 Å². The maximum atomic E-state index is 5.66. The highest BCUT2D eigenvalue weighted by atomic mass is 16.5. The number of hydrogen-bond donors (Lipinski definition) is 1. The van der Waals surface area contributed by atoms with Gasteiger partial charge < -0.3 is 15.2 Å². The minimum atomic E-state index is 0.506. The van der Waals surface area contributed by atoms with Crippen LogP contribution in [0.25, 0.3) is 0 Å². The van der Waals surface area contributed by atoms with Crippen molar-refractivity contribution in [1.29, 1.82) is 0 Å².